The number of aliphatic carboxylic acids is 1. The van der Waals surface area contributed by atoms with Gasteiger partial charge >= 0.3 is 5.97 Å². The molecule has 0 radical (unpaired) electrons. The predicted molar refractivity (Wildman–Crippen MR) is 53.2 cm³/mol. The van der Waals surface area contributed by atoms with Crippen molar-refractivity contribution in [2.45, 2.75) is 31.3 Å². The second kappa shape index (κ2) is 3.87. The number of piperidine rings is 1. The van der Waals surface area contributed by atoms with Crippen molar-refractivity contribution in [2.24, 2.45) is 5.92 Å². The molecule has 2 bridgehead atoms. The standard InChI is InChI=1S/C10H18N2O2/c1-11-9(10(13)14)6-12-5-7-2-3-8(12)4-7/h7-9,11H,2-6H2,1H3,(H,13,14). The lowest BCUT2D eigenvalue weighted by molar-refractivity contribution is -0.139. The molecule has 0 aromatic heterocycles. The molecule has 1 saturated carbocycles. The largest absolute Gasteiger partial charge is 0.480 e. The van der Waals surface area contributed by atoms with Gasteiger partial charge in [0.25, 0.3) is 0 Å². The average Bonchev–Trinajstić information content (AvgIpc) is 2.74. The molecule has 4 heteroatoms. The molecule has 1 aliphatic carbocycles. The zero-order valence-corrected chi connectivity index (χ0v) is 8.57. The molecule has 2 aliphatic rings. The van der Waals surface area contributed by atoms with E-state index in [0.29, 0.717) is 12.6 Å². The summed E-state index contributed by atoms with van der Waals surface area (Å²) < 4.78 is 0. The van der Waals surface area contributed by atoms with Crippen LogP contribution in [0.15, 0.2) is 0 Å². The third kappa shape index (κ3) is 1.77. The highest BCUT2D eigenvalue weighted by Crippen LogP contribution is 2.37. The summed E-state index contributed by atoms with van der Waals surface area (Å²) in [4.78, 5) is 13.2. The van der Waals surface area contributed by atoms with E-state index in [9.17, 15) is 4.79 Å². The van der Waals surface area contributed by atoms with Crippen LogP contribution in [-0.4, -0.2) is 48.2 Å². The lowest BCUT2D eigenvalue weighted by Crippen LogP contribution is -2.47. The molecule has 0 aromatic carbocycles. The Morgan fingerprint density at radius 3 is 2.86 bits per heavy atom. The summed E-state index contributed by atoms with van der Waals surface area (Å²) in [6.45, 7) is 1.77. The van der Waals surface area contributed by atoms with Gasteiger partial charge in [0.15, 0.2) is 0 Å². The topological polar surface area (TPSA) is 52.6 Å². The Balaban J connectivity index is 1.88. The number of nitrogens with zero attached hydrogens (tertiary/aromatic N) is 1. The van der Waals surface area contributed by atoms with E-state index in [-0.39, 0.29) is 0 Å². The predicted octanol–water partition coefficient (Wildman–Crippen LogP) is 0.143. The second-order valence-corrected chi connectivity index (χ2v) is 4.47. The summed E-state index contributed by atoms with van der Waals surface area (Å²) in [5.74, 6) is 0.0987. The molecule has 2 fully saturated rings. The van der Waals surface area contributed by atoms with Crippen LogP contribution in [0, 0.1) is 5.92 Å². The summed E-state index contributed by atoms with van der Waals surface area (Å²) in [5.41, 5.74) is 0. The van der Waals surface area contributed by atoms with E-state index >= 15 is 0 Å². The maximum atomic E-state index is 10.8. The van der Waals surface area contributed by atoms with Crippen molar-refractivity contribution in [3.63, 3.8) is 0 Å². The minimum atomic E-state index is -0.740. The molecular formula is C10H18N2O2. The van der Waals surface area contributed by atoms with Crippen LogP contribution in [0.25, 0.3) is 0 Å². The van der Waals surface area contributed by atoms with Gasteiger partial charge in [-0.05, 0) is 32.2 Å². The van der Waals surface area contributed by atoms with Gasteiger partial charge < -0.3 is 10.4 Å². The van der Waals surface area contributed by atoms with Gasteiger partial charge in [0.05, 0.1) is 0 Å². The van der Waals surface area contributed by atoms with Crippen LogP contribution in [-0.2, 0) is 4.79 Å². The first-order valence-corrected chi connectivity index (χ1v) is 5.35. The number of fused-ring (bicyclic) bond motifs is 2. The number of carbonyl (C=O) groups is 1. The van der Waals surface area contributed by atoms with E-state index < -0.39 is 12.0 Å². The SMILES string of the molecule is CNC(CN1CC2CCC1C2)C(=O)O. The van der Waals surface area contributed by atoms with Gasteiger partial charge in [-0.2, -0.15) is 0 Å². The van der Waals surface area contributed by atoms with Crippen molar-refractivity contribution < 1.29 is 9.90 Å². The Morgan fingerprint density at radius 2 is 2.43 bits per heavy atom. The fourth-order valence-corrected chi connectivity index (χ4v) is 2.78. The molecule has 1 saturated heterocycles. The summed E-state index contributed by atoms with van der Waals surface area (Å²) in [5, 5.41) is 11.8. The van der Waals surface area contributed by atoms with Crippen molar-refractivity contribution in [3.8, 4) is 0 Å². The third-order valence-corrected chi connectivity index (χ3v) is 3.59. The normalized spacial score (nSPS) is 33.5. The Bertz CT molecular complexity index is 232. The number of likely N-dealkylation sites (tertiary alicyclic amines) is 1. The average molecular weight is 198 g/mol. The number of hydrogen-bond donors (Lipinski definition) is 2. The molecule has 2 N–H and O–H groups in total. The quantitative estimate of drug-likeness (QED) is 0.675. The molecule has 14 heavy (non-hydrogen) atoms. The number of nitrogens with one attached hydrogen (secondary N) is 1. The van der Waals surface area contributed by atoms with Crippen LogP contribution in [0.5, 0.6) is 0 Å². The van der Waals surface area contributed by atoms with E-state index in [1.807, 2.05) is 0 Å². The van der Waals surface area contributed by atoms with Crippen LogP contribution >= 0.6 is 0 Å². The van der Waals surface area contributed by atoms with Crippen LogP contribution in [0.1, 0.15) is 19.3 Å². The molecule has 0 aromatic rings. The van der Waals surface area contributed by atoms with Gasteiger partial charge in [0.1, 0.15) is 6.04 Å². The van der Waals surface area contributed by atoms with Crippen LogP contribution in [0.3, 0.4) is 0 Å². The fourth-order valence-electron chi connectivity index (χ4n) is 2.78. The van der Waals surface area contributed by atoms with Gasteiger partial charge in [-0.25, -0.2) is 0 Å². The minimum Gasteiger partial charge on any atom is -0.480 e. The molecule has 0 amide bonds. The van der Waals surface area contributed by atoms with E-state index in [1.54, 1.807) is 7.05 Å². The number of rotatable bonds is 4. The van der Waals surface area contributed by atoms with Crippen molar-refractivity contribution in [1.82, 2.24) is 10.2 Å². The Hall–Kier alpha value is -0.610. The van der Waals surface area contributed by atoms with Gasteiger partial charge in [-0.15, -0.1) is 0 Å². The molecule has 1 aliphatic heterocycles. The zero-order valence-electron chi connectivity index (χ0n) is 8.57. The van der Waals surface area contributed by atoms with Gasteiger partial charge in [-0.1, -0.05) is 0 Å². The van der Waals surface area contributed by atoms with Crippen molar-refractivity contribution in [3.05, 3.63) is 0 Å². The number of carboxylic acids is 1. The van der Waals surface area contributed by atoms with Gasteiger partial charge in [-0.3, -0.25) is 9.69 Å². The smallest absolute Gasteiger partial charge is 0.322 e. The number of likely N-dealkylation sites (N-methyl/N-ethyl adjacent to an activating group) is 1. The highest BCUT2D eigenvalue weighted by molar-refractivity contribution is 5.73. The molecule has 0 spiro atoms. The van der Waals surface area contributed by atoms with Crippen molar-refractivity contribution in [2.75, 3.05) is 20.1 Å². The maximum Gasteiger partial charge on any atom is 0.322 e. The third-order valence-electron chi connectivity index (χ3n) is 3.59. The lowest BCUT2D eigenvalue weighted by atomic mass is 10.1. The Morgan fingerprint density at radius 1 is 1.64 bits per heavy atom. The summed E-state index contributed by atoms with van der Waals surface area (Å²) in [6, 6.07) is 0.254. The lowest BCUT2D eigenvalue weighted by Gasteiger charge is -2.28. The first-order chi connectivity index (χ1) is 6.70. The summed E-state index contributed by atoms with van der Waals surface area (Å²) in [7, 11) is 1.72. The monoisotopic (exact) mass is 198 g/mol. The molecule has 3 unspecified atom stereocenters. The van der Waals surface area contributed by atoms with Crippen molar-refractivity contribution >= 4 is 5.97 Å². The van der Waals surface area contributed by atoms with Crippen LogP contribution < -0.4 is 5.32 Å². The molecule has 1 heterocycles. The molecule has 2 rings (SSSR count). The van der Waals surface area contributed by atoms with Gasteiger partial charge in [0, 0.05) is 19.1 Å². The van der Waals surface area contributed by atoms with E-state index in [4.69, 9.17) is 5.11 Å². The molecule has 4 nitrogen and oxygen atoms in total. The Kier molecular flexibility index (Phi) is 2.74. The van der Waals surface area contributed by atoms with Gasteiger partial charge in [0.2, 0.25) is 0 Å². The van der Waals surface area contributed by atoms with Crippen LogP contribution in [0.2, 0.25) is 0 Å². The van der Waals surface area contributed by atoms with E-state index in [2.05, 4.69) is 10.2 Å². The molecular weight excluding hydrogens is 180 g/mol. The number of hydrogen-bond acceptors (Lipinski definition) is 3. The van der Waals surface area contributed by atoms with E-state index in [0.717, 1.165) is 12.5 Å². The second-order valence-electron chi connectivity index (χ2n) is 4.47. The first kappa shape index (κ1) is 9.93. The Labute approximate surface area is 84.3 Å². The van der Waals surface area contributed by atoms with Crippen molar-refractivity contribution in [1.29, 1.82) is 0 Å². The summed E-state index contributed by atoms with van der Waals surface area (Å²) in [6.07, 6.45) is 3.90. The molecule has 3 atom stereocenters. The zero-order chi connectivity index (χ0) is 10.1. The minimum absolute atomic E-state index is 0.408. The first-order valence-electron chi connectivity index (χ1n) is 5.35. The maximum absolute atomic E-state index is 10.8. The summed E-state index contributed by atoms with van der Waals surface area (Å²) >= 11 is 0. The number of carboxylic acid groups (broad SMARTS) is 1. The highest BCUT2D eigenvalue weighted by Gasteiger charge is 2.38. The molecule has 80 valence electrons. The van der Waals surface area contributed by atoms with Crippen LogP contribution in [0.4, 0.5) is 0 Å². The highest BCUT2D eigenvalue weighted by atomic mass is 16.4. The van der Waals surface area contributed by atoms with E-state index in [1.165, 1.54) is 19.3 Å². The fraction of sp³-hybridized carbons (Fsp3) is 0.900.